The Kier molecular flexibility index (Phi) is 11.8. The van der Waals surface area contributed by atoms with Gasteiger partial charge in [-0.25, -0.2) is 27.0 Å². The maximum atomic E-state index is 14.5. The van der Waals surface area contributed by atoms with Gasteiger partial charge in [0.2, 0.25) is 15.9 Å². The Hall–Kier alpha value is -4.01. The Morgan fingerprint density at radius 2 is 1.85 bits per heavy atom. The Morgan fingerprint density at radius 1 is 1.11 bits per heavy atom. The number of amides is 3. The molecule has 15 heteroatoms. The van der Waals surface area contributed by atoms with E-state index in [1.807, 2.05) is 6.07 Å². The Balaban J connectivity index is 1.34. The lowest BCUT2D eigenvalue weighted by Crippen LogP contribution is -2.49. The number of carbonyl (C=O) groups is 2. The van der Waals surface area contributed by atoms with Crippen LogP contribution in [0.2, 0.25) is 5.02 Å². The largest absolute Gasteiger partial charge is 0.437 e. The van der Waals surface area contributed by atoms with E-state index in [9.17, 15) is 26.8 Å². The zero-order valence-electron chi connectivity index (χ0n) is 25.6. The van der Waals surface area contributed by atoms with E-state index >= 15 is 0 Å². The summed E-state index contributed by atoms with van der Waals surface area (Å²) >= 11 is 6.26. The number of aromatic nitrogens is 1. The number of primary amides is 1. The zero-order valence-corrected chi connectivity index (χ0v) is 27.1. The first kappa shape index (κ1) is 34.9. The van der Waals surface area contributed by atoms with Gasteiger partial charge in [-0.1, -0.05) is 37.4 Å². The first-order chi connectivity index (χ1) is 21.8. The average Bonchev–Trinajstić information content (AvgIpc) is 2.98. The number of likely N-dealkylation sites (tertiary alicyclic amines) is 1. The lowest BCUT2D eigenvalue weighted by molar-refractivity contribution is 0.0996. The van der Waals surface area contributed by atoms with Crippen LogP contribution in [0.25, 0.3) is 0 Å². The number of ether oxygens (including phenoxy) is 1. The number of halogens is 3. The zero-order chi connectivity index (χ0) is 33.4. The van der Waals surface area contributed by atoms with E-state index < -0.39 is 39.2 Å². The predicted molar refractivity (Wildman–Crippen MR) is 173 cm³/mol. The summed E-state index contributed by atoms with van der Waals surface area (Å²) in [5.41, 5.74) is 5.66. The fourth-order valence-electron chi connectivity index (χ4n) is 5.19. The van der Waals surface area contributed by atoms with E-state index in [-0.39, 0.29) is 16.8 Å². The molecule has 1 aromatic heterocycles. The van der Waals surface area contributed by atoms with Gasteiger partial charge in [0.15, 0.2) is 0 Å². The topological polar surface area (TPSA) is 147 Å². The smallest absolute Gasteiger partial charge is 0.322 e. The molecule has 0 spiro atoms. The highest BCUT2D eigenvalue weighted by Crippen LogP contribution is 2.31. The van der Waals surface area contributed by atoms with Gasteiger partial charge in [0.25, 0.3) is 5.91 Å². The molecule has 248 valence electrons. The number of piperidine rings is 1. The number of hydrogen-bond acceptors (Lipinski definition) is 7. The minimum Gasteiger partial charge on any atom is -0.437 e. The van der Waals surface area contributed by atoms with Gasteiger partial charge in [0, 0.05) is 50.6 Å². The number of nitrogens with one attached hydrogen (secondary N) is 2. The van der Waals surface area contributed by atoms with Gasteiger partial charge in [-0.2, -0.15) is 0 Å². The molecule has 4 rings (SSSR count). The molecule has 0 aliphatic carbocycles. The number of benzene rings is 2. The van der Waals surface area contributed by atoms with E-state index in [1.54, 1.807) is 23.2 Å². The fraction of sp³-hybridized carbons (Fsp3) is 0.387. The van der Waals surface area contributed by atoms with Crippen LogP contribution in [0.3, 0.4) is 0 Å². The van der Waals surface area contributed by atoms with Crippen LogP contribution in [-0.2, 0) is 16.6 Å². The summed E-state index contributed by atoms with van der Waals surface area (Å²) < 4.78 is 59.4. The molecule has 3 aromatic rings. The third kappa shape index (κ3) is 9.74. The van der Waals surface area contributed by atoms with Crippen LogP contribution in [0.4, 0.5) is 25.0 Å². The average molecular weight is 679 g/mol. The summed E-state index contributed by atoms with van der Waals surface area (Å²) in [6, 6.07) is 9.00. The van der Waals surface area contributed by atoms with Crippen molar-refractivity contribution in [1.82, 2.24) is 14.8 Å². The molecule has 0 unspecified atom stereocenters. The maximum absolute atomic E-state index is 14.5. The number of carbonyl (C=O) groups excluding carboxylic acids is 2. The molecule has 4 N–H and O–H groups in total. The van der Waals surface area contributed by atoms with Crippen LogP contribution in [-0.4, -0.2) is 67.1 Å². The lowest BCUT2D eigenvalue weighted by atomic mass is 10.0. The standard InChI is InChI=1S/C31H37ClF2N6O5S/c1-3-4-5-12-40(31(42)37-27-16-23(30(35)41)25(33)17-26(27)34)22-10-13-39(14-11-22)19-20-6-9-29(36-18-20)45-28-8-7-21(15-24(28)32)38-46(2,43)44/h6-9,15-18,22,38H,3-5,10-14,19H2,1-2H3,(H2,35,41)(H,37,42). The number of anilines is 2. The summed E-state index contributed by atoms with van der Waals surface area (Å²) in [5, 5.41) is 2.73. The van der Waals surface area contributed by atoms with Gasteiger partial charge >= 0.3 is 6.03 Å². The molecule has 1 aliphatic heterocycles. The number of rotatable bonds is 13. The van der Waals surface area contributed by atoms with Crippen molar-refractivity contribution in [2.45, 2.75) is 51.6 Å². The molecule has 46 heavy (non-hydrogen) atoms. The molecule has 1 fully saturated rings. The highest BCUT2D eigenvalue weighted by molar-refractivity contribution is 7.92. The SMILES string of the molecule is CCCCCN(C(=O)Nc1cc(C(N)=O)c(F)cc1F)C1CCN(Cc2ccc(Oc3ccc(NS(C)(=O)=O)cc3Cl)nc2)CC1. The number of nitrogens with zero attached hydrogens (tertiary/aromatic N) is 3. The molecule has 1 aliphatic rings. The summed E-state index contributed by atoms with van der Waals surface area (Å²) in [6.45, 7) is 4.58. The van der Waals surface area contributed by atoms with E-state index in [4.69, 9.17) is 22.1 Å². The van der Waals surface area contributed by atoms with Gasteiger partial charge in [-0.15, -0.1) is 0 Å². The van der Waals surface area contributed by atoms with Crippen LogP contribution in [0.5, 0.6) is 11.6 Å². The van der Waals surface area contributed by atoms with Crippen LogP contribution in [0, 0.1) is 11.6 Å². The van der Waals surface area contributed by atoms with Gasteiger partial charge < -0.3 is 20.7 Å². The van der Waals surface area contributed by atoms with Crippen molar-refractivity contribution in [2.24, 2.45) is 5.73 Å². The molecule has 0 saturated carbocycles. The second-order valence-corrected chi connectivity index (χ2v) is 13.3. The van der Waals surface area contributed by atoms with Crippen molar-refractivity contribution < 1.29 is 31.5 Å². The van der Waals surface area contributed by atoms with E-state index in [0.29, 0.717) is 62.4 Å². The van der Waals surface area contributed by atoms with E-state index in [1.165, 1.54) is 12.1 Å². The quantitative estimate of drug-likeness (QED) is 0.189. The summed E-state index contributed by atoms with van der Waals surface area (Å²) in [4.78, 5) is 33.2. The molecule has 11 nitrogen and oxygen atoms in total. The van der Waals surface area contributed by atoms with Crippen LogP contribution in [0.1, 0.15) is 54.9 Å². The van der Waals surface area contributed by atoms with Gasteiger partial charge in [-0.3, -0.25) is 14.4 Å². The minimum absolute atomic E-state index is 0.0927. The van der Waals surface area contributed by atoms with Gasteiger partial charge in [0.05, 0.1) is 28.2 Å². The van der Waals surface area contributed by atoms with Crippen molar-refractivity contribution in [2.75, 3.05) is 35.9 Å². The molecule has 0 bridgehead atoms. The molecular formula is C31H37ClF2N6O5S. The number of urea groups is 1. The third-order valence-electron chi connectivity index (χ3n) is 7.48. The summed E-state index contributed by atoms with van der Waals surface area (Å²) in [7, 11) is -3.44. The van der Waals surface area contributed by atoms with E-state index in [0.717, 1.165) is 37.1 Å². The summed E-state index contributed by atoms with van der Waals surface area (Å²) in [6.07, 6.45) is 6.79. The first-order valence-electron chi connectivity index (χ1n) is 14.8. The van der Waals surface area contributed by atoms with Crippen molar-refractivity contribution in [3.8, 4) is 11.6 Å². The Morgan fingerprint density at radius 3 is 2.46 bits per heavy atom. The van der Waals surface area contributed by atoms with Crippen molar-refractivity contribution in [3.63, 3.8) is 0 Å². The normalized spacial score (nSPS) is 14.1. The number of unbranched alkanes of at least 4 members (excludes halogenated alkanes) is 2. The van der Waals surface area contributed by atoms with Crippen LogP contribution < -0.4 is 20.5 Å². The first-order valence-corrected chi connectivity index (χ1v) is 17.1. The number of sulfonamides is 1. The highest BCUT2D eigenvalue weighted by Gasteiger charge is 2.29. The monoisotopic (exact) mass is 678 g/mol. The second kappa shape index (κ2) is 15.5. The van der Waals surface area contributed by atoms with Crippen molar-refractivity contribution >= 4 is 44.9 Å². The second-order valence-electron chi connectivity index (χ2n) is 11.1. The molecule has 2 aromatic carbocycles. The molecular weight excluding hydrogens is 642 g/mol. The van der Waals surface area contributed by atoms with E-state index in [2.05, 4.69) is 26.8 Å². The number of hydrogen-bond donors (Lipinski definition) is 3. The molecule has 0 radical (unpaired) electrons. The summed E-state index contributed by atoms with van der Waals surface area (Å²) in [5.74, 6) is -2.49. The predicted octanol–water partition coefficient (Wildman–Crippen LogP) is 5.96. The van der Waals surface area contributed by atoms with Gasteiger partial charge in [0.1, 0.15) is 17.4 Å². The molecule has 2 heterocycles. The van der Waals surface area contributed by atoms with Crippen molar-refractivity contribution in [3.05, 3.63) is 76.4 Å². The molecule has 0 atom stereocenters. The fourth-order valence-corrected chi connectivity index (χ4v) is 5.96. The lowest BCUT2D eigenvalue weighted by Gasteiger charge is -2.38. The Bertz CT molecular complexity index is 1650. The number of pyridine rings is 1. The minimum atomic E-state index is -3.44. The molecule has 3 amide bonds. The number of nitrogens with two attached hydrogens (primary N) is 1. The third-order valence-corrected chi connectivity index (χ3v) is 8.38. The van der Waals surface area contributed by atoms with Gasteiger partial charge in [-0.05, 0) is 49.1 Å². The van der Waals surface area contributed by atoms with Crippen LogP contribution >= 0.6 is 11.6 Å². The molecule has 1 saturated heterocycles. The van der Waals surface area contributed by atoms with Crippen LogP contribution in [0.15, 0.2) is 48.7 Å². The maximum Gasteiger partial charge on any atom is 0.322 e. The Labute approximate surface area is 272 Å². The van der Waals surface area contributed by atoms with Crippen molar-refractivity contribution in [1.29, 1.82) is 0 Å². The highest BCUT2D eigenvalue weighted by atomic mass is 35.5.